The second-order valence-electron chi connectivity index (χ2n) is 3.61. The van der Waals surface area contributed by atoms with Crippen molar-refractivity contribution in [1.29, 1.82) is 0 Å². The van der Waals surface area contributed by atoms with Crippen LogP contribution in [0.15, 0.2) is 60.1 Å². The fourth-order valence-corrected chi connectivity index (χ4v) is 2.15. The van der Waals surface area contributed by atoms with Gasteiger partial charge < -0.3 is 9.13 Å². The molecule has 0 aliphatic rings. The van der Waals surface area contributed by atoms with Crippen LogP contribution in [0.3, 0.4) is 0 Å². The van der Waals surface area contributed by atoms with Crippen LogP contribution < -0.4 is 0 Å². The summed E-state index contributed by atoms with van der Waals surface area (Å²) in [6.07, 6.45) is 10.9. The van der Waals surface area contributed by atoms with E-state index in [1.54, 1.807) is 25.0 Å². The maximum absolute atomic E-state index is 4.05. The van der Waals surface area contributed by atoms with Crippen molar-refractivity contribution in [3.8, 4) is 11.4 Å². The molecule has 0 aliphatic carbocycles. The first-order valence-electron chi connectivity index (χ1n) is 5.10. The van der Waals surface area contributed by atoms with Crippen molar-refractivity contribution in [2.24, 2.45) is 0 Å². The molecule has 0 amide bonds. The van der Waals surface area contributed by atoms with E-state index >= 15 is 0 Å². The predicted octanol–water partition coefficient (Wildman–Crippen LogP) is 2.82. The first-order valence-corrected chi connectivity index (χ1v) is 5.89. The molecule has 0 bridgehead atoms. The molecule has 2 aromatic heterocycles. The summed E-state index contributed by atoms with van der Waals surface area (Å²) in [7, 11) is 0. The third-order valence-electron chi connectivity index (χ3n) is 2.47. The minimum atomic E-state index is 1.02. The van der Waals surface area contributed by atoms with Gasteiger partial charge in [0.05, 0.1) is 12.7 Å². The average Bonchev–Trinajstić information content (AvgIpc) is 3.02. The van der Waals surface area contributed by atoms with E-state index in [9.17, 15) is 0 Å². The Bertz CT molecular complexity index is 562. The molecule has 2 heterocycles. The Kier molecular flexibility index (Phi) is 2.53. The summed E-state index contributed by atoms with van der Waals surface area (Å²) in [5.74, 6) is 0. The van der Waals surface area contributed by atoms with Gasteiger partial charge in [0.1, 0.15) is 0 Å². The van der Waals surface area contributed by atoms with Crippen LogP contribution in [-0.2, 0) is 0 Å². The van der Waals surface area contributed by atoms with Gasteiger partial charge in [-0.1, -0.05) is 15.9 Å². The zero-order chi connectivity index (χ0) is 11.7. The van der Waals surface area contributed by atoms with Crippen LogP contribution >= 0.6 is 15.9 Å². The monoisotopic (exact) mass is 288 g/mol. The molecule has 5 heteroatoms. The molecule has 3 aromatic rings. The van der Waals surface area contributed by atoms with Gasteiger partial charge >= 0.3 is 0 Å². The molecular formula is C12H9BrN4. The molecule has 0 saturated carbocycles. The summed E-state index contributed by atoms with van der Waals surface area (Å²) in [6, 6.07) is 6.17. The lowest BCUT2D eigenvalue weighted by molar-refractivity contribution is 1.02. The molecule has 0 radical (unpaired) electrons. The molecule has 0 aliphatic heterocycles. The Balaban J connectivity index is 2.13. The number of rotatable bonds is 2. The Hall–Kier alpha value is -1.88. The SMILES string of the molecule is Brc1cc(-n2ccnc2)cc(-n2ccnc2)c1. The second kappa shape index (κ2) is 4.18. The highest BCUT2D eigenvalue weighted by Crippen LogP contribution is 2.21. The van der Waals surface area contributed by atoms with Gasteiger partial charge in [-0.05, 0) is 18.2 Å². The van der Waals surface area contributed by atoms with Gasteiger partial charge in [-0.15, -0.1) is 0 Å². The number of imidazole rings is 2. The van der Waals surface area contributed by atoms with Crippen LogP contribution in [0.2, 0.25) is 0 Å². The highest BCUT2D eigenvalue weighted by atomic mass is 79.9. The van der Waals surface area contributed by atoms with E-state index in [1.165, 1.54) is 0 Å². The van der Waals surface area contributed by atoms with E-state index in [4.69, 9.17) is 0 Å². The fourth-order valence-electron chi connectivity index (χ4n) is 1.68. The number of hydrogen-bond acceptors (Lipinski definition) is 2. The zero-order valence-corrected chi connectivity index (χ0v) is 10.4. The number of nitrogens with zero attached hydrogens (tertiary/aromatic N) is 4. The maximum atomic E-state index is 4.05. The van der Waals surface area contributed by atoms with Gasteiger partial charge in [0.15, 0.2) is 0 Å². The highest BCUT2D eigenvalue weighted by Gasteiger charge is 2.02. The van der Waals surface area contributed by atoms with Crippen molar-refractivity contribution in [3.63, 3.8) is 0 Å². The van der Waals surface area contributed by atoms with Crippen LogP contribution in [0.25, 0.3) is 11.4 Å². The van der Waals surface area contributed by atoms with Crippen LogP contribution in [-0.4, -0.2) is 19.1 Å². The Labute approximate surface area is 107 Å². The van der Waals surface area contributed by atoms with E-state index in [-0.39, 0.29) is 0 Å². The Morgan fingerprint density at radius 1 is 0.824 bits per heavy atom. The predicted molar refractivity (Wildman–Crippen MR) is 68.4 cm³/mol. The molecule has 0 saturated heterocycles. The third-order valence-corrected chi connectivity index (χ3v) is 2.93. The summed E-state index contributed by atoms with van der Waals surface area (Å²) in [4.78, 5) is 8.10. The fraction of sp³-hybridized carbons (Fsp3) is 0. The second-order valence-corrected chi connectivity index (χ2v) is 4.52. The van der Waals surface area contributed by atoms with Gasteiger partial charge in [0, 0.05) is 40.6 Å². The summed E-state index contributed by atoms with van der Waals surface area (Å²) in [5.41, 5.74) is 2.11. The molecule has 0 fully saturated rings. The van der Waals surface area contributed by atoms with E-state index in [1.807, 2.05) is 33.7 Å². The smallest absolute Gasteiger partial charge is 0.0991 e. The highest BCUT2D eigenvalue weighted by molar-refractivity contribution is 9.10. The van der Waals surface area contributed by atoms with Gasteiger partial charge in [0.2, 0.25) is 0 Å². The van der Waals surface area contributed by atoms with Crippen molar-refractivity contribution in [3.05, 3.63) is 60.1 Å². The Morgan fingerprint density at radius 2 is 1.35 bits per heavy atom. The number of benzene rings is 1. The van der Waals surface area contributed by atoms with Gasteiger partial charge in [0.25, 0.3) is 0 Å². The van der Waals surface area contributed by atoms with Gasteiger partial charge in [-0.25, -0.2) is 9.97 Å². The van der Waals surface area contributed by atoms with Crippen molar-refractivity contribution in [1.82, 2.24) is 19.1 Å². The first-order chi connectivity index (χ1) is 8.33. The van der Waals surface area contributed by atoms with Crippen molar-refractivity contribution >= 4 is 15.9 Å². The van der Waals surface area contributed by atoms with Gasteiger partial charge in [-0.2, -0.15) is 0 Å². The molecule has 0 spiro atoms. The number of hydrogen-bond donors (Lipinski definition) is 0. The first kappa shape index (κ1) is 10.3. The summed E-state index contributed by atoms with van der Waals surface area (Å²) in [6.45, 7) is 0. The van der Waals surface area contributed by atoms with Crippen LogP contribution in [0, 0.1) is 0 Å². The number of halogens is 1. The Morgan fingerprint density at radius 3 is 1.76 bits per heavy atom. The lowest BCUT2D eigenvalue weighted by Gasteiger charge is -2.08. The van der Waals surface area contributed by atoms with E-state index in [0.29, 0.717) is 0 Å². The minimum absolute atomic E-state index is 1.02. The van der Waals surface area contributed by atoms with E-state index < -0.39 is 0 Å². The van der Waals surface area contributed by atoms with Crippen molar-refractivity contribution in [2.75, 3.05) is 0 Å². The zero-order valence-electron chi connectivity index (χ0n) is 8.86. The summed E-state index contributed by atoms with van der Waals surface area (Å²) >= 11 is 3.52. The lowest BCUT2D eigenvalue weighted by atomic mass is 10.2. The molecule has 1 aromatic carbocycles. The van der Waals surface area contributed by atoms with Crippen LogP contribution in [0.1, 0.15) is 0 Å². The molecule has 17 heavy (non-hydrogen) atoms. The van der Waals surface area contributed by atoms with Gasteiger partial charge in [-0.3, -0.25) is 0 Å². The largest absolute Gasteiger partial charge is 0.306 e. The number of aromatic nitrogens is 4. The summed E-state index contributed by atoms with van der Waals surface area (Å²) < 4.78 is 4.95. The third kappa shape index (κ3) is 2.01. The van der Waals surface area contributed by atoms with Crippen LogP contribution in [0.4, 0.5) is 0 Å². The van der Waals surface area contributed by atoms with E-state index in [2.05, 4.69) is 32.0 Å². The molecule has 0 atom stereocenters. The topological polar surface area (TPSA) is 35.6 Å². The van der Waals surface area contributed by atoms with Crippen molar-refractivity contribution in [2.45, 2.75) is 0 Å². The van der Waals surface area contributed by atoms with E-state index in [0.717, 1.165) is 15.8 Å². The maximum Gasteiger partial charge on any atom is 0.0991 e. The molecule has 0 N–H and O–H groups in total. The summed E-state index contributed by atoms with van der Waals surface area (Å²) in [5, 5.41) is 0. The normalized spacial score (nSPS) is 10.6. The molecule has 0 unspecified atom stereocenters. The van der Waals surface area contributed by atoms with Crippen LogP contribution in [0.5, 0.6) is 0 Å². The average molecular weight is 289 g/mol. The molecular weight excluding hydrogens is 280 g/mol. The standard InChI is InChI=1S/C12H9BrN4/c13-10-5-11(16-3-1-14-8-16)7-12(6-10)17-4-2-15-9-17/h1-9H. The van der Waals surface area contributed by atoms with Crippen molar-refractivity contribution < 1.29 is 0 Å². The molecule has 3 rings (SSSR count). The minimum Gasteiger partial charge on any atom is -0.306 e. The molecule has 4 nitrogen and oxygen atoms in total. The molecule has 84 valence electrons. The lowest BCUT2D eigenvalue weighted by Crippen LogP contribution is -1.95. The quantitative estimate of drug-likeness (QED) is 0.727.